The Bertz CT molecular complexity index is 1230. The Morgan fingerprint density at radius 3 is 2.67 bits per heavy atom. The molecule has 7 nitrogen and oxygen atoms in total. The fourth-order valence-electron chi connectivity index (χ4n) is 3.52. The summed E-state index contributed by atoms with van der Waals surface area (Å²) in [5.74, 6) is -0.824. The second kappa shape index (κ2) is 10.6. The van der Waals surface area contributed by atoms with Gasteiger partial charge in [0.05, 0.1) is 27.6 Å². The van der Waals surface area contributed by atoms with Gasteiger partial charge in [-0.3, -0.25) is 4.72 Å². The van der Waals surface area contributed by atoms with Crippen molar-refractivity contribution in [3.05, 3.63) is 57.1 Å². The third kappa shape index (κ3) is 5.82. The van der Waals surface area contributed by atoms with Gasteiger partial charge in [-0.25, -0.2) is 17.8 Å². The van der Waals surface area contributed by atoms with Crippen molar-refractivity contribution in [1.29, 1.82) is 0 Å². The van der Waals surface area contributed by atoms with E-state index >= 15 is 0 Å². The van der Waals surface area contributed by atoms with Gasteiger partial charge in [-0.05, 0) is 37.7 Å². The van der Waals surface area contributed by atoms with Crippen molar-refractivity contribution in [3.63, 3.8) is 0 Å². The summed E-state index contributed by atoms with van der Waals surface area (Å²) in [7, 11) is -2.26. The average molecular weight is 553 g/mol. The number of sulfonamides is 1. The third-order valence-electron chi connectivity index (χ3n) is 5.15. The molecule has 178 valence electrons. The Hall–Kier alpha value is -1.82. The van der Waals surface area contributed by atoms with Crippen LogP contribution in [0.1, 0.15) is 6.42 Å². The molecule has 3 N–H and O–H groups in total. The van der Waals surface area contributed by atoms with Gasteiger partial charge in [0.2, 0.25) is 0 Å². The highest BCUT2D eigenvalue weighted by atomic mass is 35.5. The summed E-state index contributed by atoms with van der Waals surface area (Å²) in [6.07, 6.45) is 0.983. The largest absolute Gasteiger partial charge is 0.368 e. The van der Waals surface area contributed by atoms with E-state index in [-0.39, 0.29) is 28.9 Å². The highest BCUT2D eigenvalue weighted by Crippen LogP contribution is 2.37. The molecule has 1 saturated heterocycles. The van der Waals surface area contributed by atoms with Crippen LogP contribution in [0.3, 0.4) is 0 Å². The zero-order valence-electron chi connectivity index (χ0n) is 17.3. The van der Waals surface area contributed by atoms with Crippen LogP contribution in [0.25, 0.3) is 0 Å². The zero-order valence-corrected chi connectivity index (χ0v) is 21.3. The van der Waals surface area contributed by atoms with E-state index in [1.807, 2.05) is 13.1 Å². The molecule has 13 heteroatoms. The van der Waals surface area contributed by atoms with E-state index in [0.717, 1.165) is 37.3 Å². The molecule has 0 spiro atoms. The Morgan fingerprint density at radius 1 is 1.21 bits per heavy atom. The summed E-state index contributed by atoms with van der Waals surface area (Å²) >= 11 is 13.8. The van der Waals surface area contributed by atoms with Crippen LogP contribution in [0.4, 0.5) is 27.3 Å². The van der Waals surface area contributed by atoms with Crippen molar-refractivity contribution in [2.24, 2.45) is 0 Å². The van der Waals surface area contributed by atoms with Crippen molar-refractivity contribution >= 4 is 79.8 Å². The van der Waals surface area contributed by atoms with Gasteiger partial charge in [-0.1, -0.05) is 23.2 Å². The van der Waals surface area contributed by atoms with Crippen LogP contribution < -0.4 is 20.3 Å². The lowest BCUT2D eigenvalue weighted by molar-refractivity contribution is 0.570. The number of likely N-dealkylation sites (N-methyl/N-ethyl adjacent to an activating group) is 1. The van der Waals surface area contributed by atoms with Gasteiger partial charge in [0, 0.05) is 35.6 Å². The summed E-state index contributed by atoms with van der Waals surface area (Å²) in [5, 5.41) is 8.53. The topological polar surface area (TPSA) is 86.4 Å². The number of halogens is 4. The molecule has 0 aliphatic carbocycles. The van der Waals surface area contributed by atoms with E-state index in [0.29, 0.717) is 16.8 Å². The average Bonchev–Trinajstić information content (AvgIpc) is 3.43. The minimum atomic E-state index is -4.19. The first kappa shape index (κ1) is 25.8. The van der Waals surface area contributed by atoms with Gasteiger partial charge in [0.1, 0.15) is 10.7 Å². The number of rotatable bonds is 7. The number of benzene rings is 2. The van der Waals surface area contributed by atoms with Crippen molar-refractivity contribution in [1.82, 2.24) is 10.3 Å². The SMILES string of the molecule is CNC1CCN(c2cc(Cl)ccc2Nc2cc(F)c(S(=O)(=O)Nc3cscn3)cc2Cl)C1.Cl. The second-order valence-electron chi connectivity index (χ2n) is 7.25. The fraction of sp³-hybridized carbons (Fsp3) is 0.250. The van der Waals surface area contributed by atoms with E-state index < -0.39 is 20.7 Å². The molecular weight excluding hydrogens is 532 g/mol. The van der Waals surface area contributed by atoms with Crippen molar-refractivity contribution in [3.8, 4) is 0 Å². The maximum absolute atomic E-state index is 14.8. The Labute approximate surface area is 211 Å². The monoisotopic (exact) mass is 551 g/mol. The summed E-state index contributed by atoms with van der Waals surface area (Å²) in [5.41, 5.74) is 3.25. The normalized spacial score (nSPS) is 15.9. The lowest BCUT2D eigenvalue weighted by atomic mass is 10.2. The Kier molecular flexibility index (Phi) is 8.31. The first-order valence-corrected chi connectivity index (χ1v) is 12.8. The van der Waals surface area contributed by atoms with Crippen LogP contribution >= 0.6 is 46.9 Å². The number of hydrogen-bond acceptors (Lipinski definition) is 7. The van der Waals surface area contributed by atoms with Crippen molar-refractivity contribution in [2.45, 2.75) is 17.4 Å². The standard InChI is InChI=1S/C20H20Cl2FN5O2S2.ClH/c1-24-13-4-5-28(9-13)18-6-12(21)2-3-16(18)26-17-8-15(23)19(7-14(17)22)32(29,30)27-20-10-31-11-25-20;/h2-3,6-8,10-11,13,24,26-27H,4-5,9H2,1H3;1H. The molecule has 1 atom stereocenters. The van der Waals surface area contributed by atoms with E-state index in [9.17, 15) is 12.8 Å². The van der Waals surface area contributed by atoms with E-state index in [2.05, 4.69) is 25.2 Å². The maximum atomic E-state index is 14.8. The van der Waals surface area contributed by atoms with Crippen molar-refractivity contribution < 1.29 is 12.8 Å². The summed E-state index contributed by atoms with van der Waals surface area (Å²) < 4.78 is 42.2. The number of thiazole rings is 1. The molecule has 1 aliphatic rings. The maximum Gasteiger partial charge on any atom is 0.266 e. The minimum absolute atomic E-state index is 0. The number of hydrogen-bond donors (Lipinski definition) is 3. The molecule has 0 amide bonds. The van der Waals surface area contributed by atoms with Gasteiger partial charge in [-0.2, -0.15) is 0 Å². The zero-order chi connectivity index (χ0) is 22.9. The number of nitrogens with zero attached hydrogens (tertiary/aromatic N) is 2. The predicted octanol–water partition coefficient (Wildman–Crippen LogP) is 5.35. The molecule has 1 unspecified atom stereocenters. The second-order valence-corrected chi connectivity index (χ2v) is 10.5. The number of anilines is 4. The molecule has 1 aromatic heterocycles. The molecular formula is C20H21Cl3FN5O2S2. The fourth-order valence-corrected chi connectivity index (χ4v) is 5.60. The van der Waals surface area contributed by atoms with Crippen LogP contribution in [0.5, 0.6) is 0 Å². The molecule has 1 fully saturated rings. The van der Waals surface area contributed by atoms with Gasteiger partial charge in [-0.15, -0.1) is 23.7 Å². The third-order valence-corrected chi connectivity index (χ3v) is 7.65. The van der Waals surface area contributed by atoms with Crippen molar-refractivity contribution in [2.75, 3.05) is 35.1 Å². The minimum Gasteiger partial charge on any atom is -0.368 e. The molecule has 1 aliphatic heterocycles. The molecule has 2 aromatic carbocycles. The first-order valence-electron chi connectivity index (χ1n) is 9.65. The van der Waals surface area contributed by atoms with Crippen LogP contribution in [0.2, 0.25) is 10.0 Å². The van der Waals surface area contributed by atoms with Gasteiger partial charge in [0.15, 0.2) is 5.82 Å². The van der Waals surface area contributed by atoms with E-state index in [1.54, 1.807) is 12.1 Å². The van der Waals surface area contributed by atoms with E-state index in [1.165, 1.54) is 22.2 Å². The van der Waals surface area contributed by atoms with Crippen LogP contribution in [0.15, 0.2) is 46.1 Å². The van der Waals surface area contributed by atoms with Crippen LogP contribution in [-0.2, 0) is 10.0 Å². The highest BCUT2D eigenvalue weighted by Gasteiger charge is 2.25. The molecule has 0 radical (unpaired) electrons. The number of nitrogens with one attached hydrogen (secondary N) is 3. The van der Waals surface area contributed by atoms with Crippen LogP contribution in [-0.4, -0.2) is 39.6 Å². The molecule has 0 bridgehead atoms. The van der Waals surface area contributed by atoms with Gasteiger partial charge >= 0.3 is 0 Å². The smallest absolute Gasteiger partial charge is 0.266 e. The van der Waals surface area contributed by atoms with Gasteiger partial charge < -0.3 is 15.5 Å². The van der Waals surface area contributed by atoms with E-state index in [4.69, 9.17) is 23.2 Å². The molecule has 33 heavy (non-hydrogen) atoms. The van der Waals surface area contributed by atoms with Gasteiger partial charge in [0.25, 0.3) is 10.0 Å². The molecule has 3 aromatic rings. The Morgan fingerprint density at radius 2 is 2.00 bits per heavy atom. The highest BCUT2D eigenvalue weighted by molar-refractivity contribution is 7.92. The lowest BCUT2D eigenvalue weighted by Gasteiger charge is -2.23. The first-order chi connectivity index (χ1) is 15.3. The quantitative estimate of drug-likeness (QED) is 0.366. The molecule has 2 heterocycles. The summed E-state index contributed by atoms with van der Waals surface area (Å²) in [4.78, 5) is 5.47. The van der Waals surface area contributed by atoms with Crippen LogP contribution in [0, 0.1) is 5.82 Å². The lowest BCUT2D eigenvalue weighted by Crippen LogP contribution is -2.29. The number of aromatic nitrogens is 1. The molecule has 0 saturated carbocycles. The summed E-state index contributed by atoms with van der Waals surface area (Å²) in [6.45, 7) is 1.63. The summed E-state index contributed by atoms with van der Waals surface area (Å²) in [6, 6.07) is 7.85. The predicted molar refractivity (Wildman–Crippen MR) is 136 cm³/mol. The Balaban J connectivity index is 0.00000306. The molecule has 4 rings (SSSR count).